The monoisotopic (exact) mass is 415 g/mol. The number of aliphatic carboxylic acids is 1. The van der Waals surface area contributed by atoms with Crippen molar-refractivity contribution in [2.24, 2.45) is 0 Å². The molecule has 0 radical (unpaired) electrons. The molecule has 0 aliphatic rings. The van der Waals surface area contributed by atoms with E-state index in [-0.39, 0.29) is 12.5 Å². The van der Waals surface area contributed by atoms with Crippen molar-refractivity contribution in [3.05, 3.63) is 40.6 Å². The Hall–Kier alpha value is -2.87. The number of hydrogen-bond donors (Lipinski definition) is 3. The highest BCUT2D eigenvalue weighted by Crippen LogP contribution is 2.28. The van der Waals surface area contributed by atoms with Gasteiger partial charge in [0.15, 0.2) is 0 Å². The van der Waals surface area contributed by atoms with Crippen LogP contribution in [-0.4, -0.2) is 52.7 Å². The zero-order valence-electron chi connectivity index (χ0n) is 18.4. The van der Waals surface area contributed by atoms with Gasteiger partial charge in [0.05, 0.1) is 13.7 Å². The predicted molar refractivity (Wildman–Crippen MR) is 119 cm³/mol. The maximum Gasteiger partial charge on any atom is 0.317 e. The summed E-state index contributed by atoms with van der Waals surface area (Å²) in [6, 6.07) is 6.01. The summed E-state index contributed by atoms with van der Waals surface area (Å²) in [5.41, 5.74) is 9.71. The van der Waals surface area contributed by atoms with Crippen LogP contribution in [0.4, 0.5) is 11.8 Å². The Morgan fingerprint density at radius 1 is 1.30 bits per heavy atom. The number of methoxy groups -OCH3 is 1. The Bertz CT molecular complexity index is 857. The molecule has 0 aliphatic heterocycles. The summed E-state index contributed by atoms with van der Waals surface area (Å²) in [5, 5.41) is 12.4. The maximum atomic E-state index is 11.0. The van der Waals surface area contributed by atoms with Gasteiger partial charge in [-0.15, -0.1) is 0 Å². The summed E-state index contributed by atoms with van der Waals surface area (Å²) < 4.78 is 5.64. The van der Waals surface area contributed by atoms with Gasteiger partial charge in [-0.25, -0.2) is 4.98 Å². The average Bonchev–Trinajstić information content (AvgIpc) is 2.70. The fourth-order valence-electron chi connectivity index (χ4n) is 3.31. The Kier molecular flexibility index (Phi) is 8.86. The largest absolute Gasteiger partial charge is 0.496 e. The van der Waals surface area contributed by atoms with Gasteiger partial charge in [-0.3, -0.25) is 9.69 Å². The van der Waals surface area contributed by atoms with Crippen LogP contribution in [0.15, 0.2) is 18.2 Å². The van der Waals surface area contributed by atoms with Crippen molar-refractivity contribution in [1.82, 2.24) is 14.9 Å². The van der Waals surface area contributed by atoms with E-state index in [4.69, 9.17) is 15.6 Å². The molecule has 0 amide bonds. The first-order valence-corrected chi connectivity index (χ1v) is 10.3. The van der Waals surface area contributed by atoms with Crippen LogP contribution in [0.1, 0.15) is 49.1 Å². The second-order valence-electron chi connectivity index (χ2n) is 7.29. The number of likely N-dealkylation sites (N-methyl/N-ethyl adjacent to an activating group) is 1. The number of rotatable bonds is 12. The van der Waals surface area contributed by atoms with Crippen LogP contribution in [0.3, 0.4) is 0 Å². The van der Waals surface area contributed by atoms with Gasteiger partial charge in [-0.05, 0) is 37.1 Å². The van der Waals surface area contributed by atoms with Crippen molar-refractivity contribution < 1.29 is 14.6 Å². The topological polar surface area (TPSA) is 114 Å². The van der Waals surface area contributed by atoms with Gasteiger partial charge >= 0.3 is 5.97 Å². The van der Waals surface area contributed by atoms with E-state index in [2.05, 4.69) is 22.2 Å². The molecule has 0 fully saturated rings. The Morgan fingerprint density at radius 2 is 2.07 bits per heavy atom. The lowest BCUT2D eigenvalue weighted by Crippen LogP contribution is -2.29. The summed E-state index contributed by atoms with van der Waals surface area (Å²) in [5.74, 6) is 0.950. The quantitative estimate of drug-likeness (QED) is 0.453. The Morgan fingerprint density at radius 3 is 2.70 bits per heavy atom. The number of anilines is 2. The molecule has 1 heterocycles. The highest BCUT2D eigenvalue weighted by molar-refractivity contribution is 5.69. The number of aryl methyl sites for hydroxylation is 1. The fourth-order valence-corrected chi connectivity index (χ4v) is 3.31. The van der Waals surface area contributed by atoms with Gasteiger partial charge in [0.25, 0.3) is 0 Å². The van der Waals surface area contributed by atoms with Crippen LogP contribution in [0.25, 0.3) is 0 Å². The lowest BCUT2D eigenvalue weighted by molar-refractivity contribution is -0.138. The highest BCUT2D eigenvalue weighted by Gasteiger charge is 2.15. The van der Waals surface area contributed by atoms with Crippen LogP contribution in [-0.2, 0) is 17.8 Å². The number of carbonyl (C=O) groups is 1. The molecule has 0 unspecified atom stereocenters. The smallest absolute Gasteiger partial charge is 0.317 e. The van der Waals surface area contributed by atoms with Crippen LogP contribution >= 0.6 is 0 Å². The number of nitrogens with zero attached hydrogens (tertiary/aromatic N) is 3. The van der Waals surface area contributed by atoms with Crippen LogP contribution in [0.2, 0.25) is 0 Å². The molecule has 164 valence electrons. The SMILES string of the molecule is CCCCNc1nc(N)nc(C)c1Cc1ccc(CN(CC)CC(=O)O)cc1OC. The molecule has 0 aliphatic carbocycles. The number of benzene rings is 1. The molecule has 2 rings (SSSR count). The van der Waals surface area contributed by atoms with Crippen molar-refractivity contribution >= 4 is 17.7 Å². The highest BCUT2D eigenvalue weighted by atomic mass is 16.5. The summed E-state index contributed by atoms with van der Waals surface area (Å²) in [6.07, 6.45) is 2.75. The van der Waals surface area contributed by atoms with Gasteiger partial charge in [-0.1, -0.05) is 32.4 Å². The maximum absolute atomic E-state index is 11.0. The lowest BCUT2D eigenvalue weighted by atomic mass is 10.0. The van der Waals surface area contributed by atoms with Crippen molar-refractivity contribution in [3.8, 4) is 5.75 Å². The predicted octanol–water partition coefficient (Wildman–Crippen LogP) is 3.09. The molecular formula is C22H33N5O3. The van der Waals surface area contributed by atoms with E-state index in [1.165, 1.54) is 0 Å². The molecule has 1 aromatic heterocycles. The normalized spacial score (nSPS) is 11.0. The summed E-state index contributed by atoms with van der Waals surface area (Å²) in [7, 11) is 1.64. The molecular weight excluding hydrogens is 382 g/mol. The summed E-state index contributed by atoms with van der Waals surface area (Å²) in [6.45, 7) is 8.07. The molecule has 0 bridgehead atoms. The van der Waals surface area contributed by atoms with Gasteiger partial charge < -0.3 is 20.9 Å². The van der Waals surface area contributed by atoms with E-state index >= 15 is 0 Å². The first-order chi connectivity index (χ1) is 14.4. The fraction of sp³-hybridized carbons (Fsp3) is 0.500. The first kappa shape index (κ1) is 23.4. The molecule has 4 N–H and O–H groups in total. The molecule has 0 saturated carbocycles. The van der Waals surface area contributed by atoms with E-state index < -0.39 is 5.97 Å². The standard InChI is InChI=1S/C22H33N5O3/c1-5-7-10-24-21-18(15(3)25-22(23)26-21)12-17-9-8-16(11-19(17)30-4)13-27(6-2)14-20(28)29/h8-9,11H,5-7,10,12-14H2,1-4H3,(H,28,29)(H3,23,24,25,26). The lowest BCUT2D eigenvalue weighted by Gasteiger charge is -2.19. The molecule has 8 nitrogen and oxygen atoms in total. The molecule has 2 aromatic rings. The Labute approximate surface area is 178 Å². The van der Waals surface area contributed by atoms with Crippen LogP contribution in [0.5, 0.6) is 5.75 Å². The van der Waals surface area contributed by atoms with E-state index in [9.17, 15) is 4.79 Å². The number of nitrogen functional groups attached to an aromatic ring is 1. The first-order valence-electron chi connectivity index (χ1n) is 10.3. The average molecular weight is 416 g/mol. The third-order valence-electron chi connectivity index (χ3n) is 4.98. The number of nitrogens with two attached hydrogens (primary N) is 1. The van der Waals surface area contributed by atoms with E-state index in [1.54, 1.807) is 7.11 Å². The van der Waals surface area contributed by atoms with E-state index in [0.29, 0.717) is 19.5 Å². The van der Waals surface area contributed by atoms with Crippen LogP contribution < -0.4 is 15.8 Å². The minimum absolute atomic E-state index is 0.00925. The third kappa shape index (κ3) is 6.59. The van der Waals surface area contributed by atoms with Gasteiger partial charge in [0.1, 0.15) is 11.6 Å². The minimum atomic E-state index is -0.831. The second-order valence-corrected chi connectivity index (χ2v) is 7.29. The van der Waals surface area contributed by atoms with Gasteiger partial charge in [0, 0.05) is 30.8 Å². The number of nitrogens with one attached hydrogen (secondary N) is 1. The molecule has 0 saturated heterocycles. The molecule has 1 aromatic carbocycles. The van der Waals surface area contributed by atoms with Gasteiger partial charge in [-0.2, -0.15) is 4.98 Å². The van der Waals surface area contributed by atoms with E-state index in [0.717, 1.165) is 53.3 Å². The van der Waals surface area contributed by atoms with Crippen molar-refractivity contribution in [2.75, 3.05) is 37.8 Å². The van der Waals surface area contributed by atoms with Crippen LogP contribution in [0, 0.1) is 6.92 Å². The van der Waals surface area contributed by atoms with Crippen molar-refractivity contribution in [1.29, 1.82) is 0 Å². The second kappa shape index (κ2) is 11.3. The minimum Gasteiger partial charge on any atom is -0.496 e. The number of unbranched alkanes of at least 4 members (excludes halogenated alkanes) is 1. The zero-order chi connectivity index (χ0) is 22.1. The van der Waals surface area contributed by atoms with Crippen molar-refractivity contribution in [3.63, 3.8) is 0 Å². The molecule has 30 heavy (non-hydrogen) atoms. The zero-order valence-corrected chi connectivity index (χ0v) is 18.4. The number of hydrogen-bond acceptors (Lipinski definition) is 7. The molecule has 0 spiro atoms. The number of carboxylic acids is 1. The number of ether oxygens (including phenoxy) is 1. The Balaban J connectivity index is 2.27. The number of carboxylic acid groups (broad SMARTS) is 1. The van der Waals surface area contributed by atoms with Crippen molar-refractivity contribution in [2.45, 2.75) is 46.6 Å². The summed E-state index contributed by atoms with van der Waals surface area (Å²) >= 11 is 0. The molecule has 8 heteroatoms. The molecule has 0 atom stereocenters. The van der Waals surface area contributed by atoms with E-state index in [1.807, 2.05) is 36.9 Å². The number of aromatic nitrogens is 2. The summed E-state index contributed by atoms with van der Waals surface area (Å²) in [4.78, 5) is 21.6. The third-order valence-corrected chi connectivity index (χ3v) is 4.98. The van der Waals surface area contributed by atoms with Gasteiger partial charge in [0.2, 0.25) is 5.95 Å².